The zero-order chi connectivity index (χ0) is 38.1. The summed E-state index contributed by atoms with van der Waals surface area (Å²) >= 11 is 0. The zero-order valence-corrected chi connectivity index (χ0v) is 30.4. The first-order chi connectivity index (χ1) is 25.3. The van der Waals surface area contributed by atoms with Gasteiger partial charge in [-0.3, -0.25) is 19.3 Å². The fourth-order valence-corrected chi connectivity index (χ4v) is 6.47. The van der Waals surface area contributed by atoms with Gasteiger partial charge in [-0.15, -0.1) is 0 Å². The molecule has 11 nitrogen and oxygen atoms in total. The van der Waals surface area contributed by atoms with Crippen LogP contribution in [0.2, 0.25) is 0 Å². The van der Waals surface area contributed by atoms with Crippen LogP contribution >= 0.6 is 0 Å². The number of alkyl carbamates (subject to hydrolysis) is 1. The third kappa shape index (κ3) is 10.1. The Morgan fingerprint density at radius 2 is 1.25 bits per heavy atom. The maximum Gasteiger partial charge on any atom is 0.408 e. The molecule has 276 valence electrons. The Morgan fingerprint density at radius 1 is 0.755 bits per heavy atom. The summed E-state index contributed by atoms with van der Waals surface area (Å²) in [5.41, 5.74) is 2.68. The van der Waals surface area contributed by atoms with Crippen LogP contribution in [0.1, 0.15) is 43.0 Å². The molecule has 5 rings (SSSR count). The van der Waals surface area contributed by atoms with Gasteiger partial charge in [0.25, 0.3) is 5.91 Å². The number of fused-ring (bicyclic) bond motifs is 1. The van der Waals surface area contributed by atoms with Gasteiger partial charge in [0.15, 0.2) is 0 Å². The molecule has 1 aliphatic heterocycles. The Hall–Kier alpha value is -5.97. The molecule has 4 amide bonds. The van der Waals surface area contributed by atoms with Crippen molar-refractivity contribution in [2.24, 2.45) is 0 Å². The lowest BCUT2D eigenvalue weighted by Crippen LogP contribution is -2.62. The number of ether oxygens (including phenoxy) is 1. The van der Waals surface area contributed by atoms with Gasteiger partial charge < -0.3 is 25.4 Å². The van der Waals surface area contributed by atoms with Gasteiger partial charge in [-0.05, 0) is 49.1 Å². The van der Waals surface area contributed by atoms with Crippen LogP contribution in [-0.4, -0.2) is 76.6 Å². The summed E-state index contributed by atoms with van der Waals surface area (Å²) in [5.74, 6) is -2.89. The molecule has 4 atom stereocenters. The average molecular weight is 719 g/mol. The summed E-state index contributed by atoms with van der Waals surface area (Å²) in [7, 11) is 1.51. The summed E-state index contributed by atoms with van der Waals surface area (Å²) in [6.07, 6.45) is -0.362. The predicted octanol–water partition coefficient (Wildman–Crippen LogP) is 4.96. The van der Waals surface area contributed by atoms with Crippen LogP contribution in [0.3, 0.4) is 0 Å². The number of amides is 4. The molecule has 1 heterocycles. The third-order valence-electron chi connectivity index (χ3n) is 9.06. The van der Waals surface area contributed by atoms with E-state index in [1.54, 1.807) is 57.2 Å². The Bertz CT molecular complexity index is 1900. The molecule has 1 aliphatic rings. The van der Waals surface area contributed by atoms with Gasteiger partial charge in [-0.25, -0.2) is 9.59 Å². The number of anilines is 1. The molecule has 0 aliphatic carbocycles. The van der Waals surface area contributed by atoms with Gasteiger partial charge in [-0.2, -0.15) is 0 Å². The van der Waals surface area contributed by atoms with Gasteiger partial charge in [0, 0.05) is 38.4 Å². The molecular weight excluding hydrogens is 672 g/mol. The van der Waals surface area contributed by atoms with E-state index in [9.17, 15) is 29.1 Å². The monoisotopic (exact) mass is 718 g/mol. The van der Waals surface area contributed by atoms with Crippen molar-refractivity contribution in [2.45, 2.75) is 76.2 Å². The highest BCUT2D eigenvalue weighted by atomic mass is 16.6. The van der Waals surface area contributed by atoms with E-state index in [0.29, 0.717) is 5.69 Å². The number of nitrogens with one attached hydrogen (secondary N) is 2. The van der Waals surface area contributed by atoms with Crippen molar-refractivity contribution in [2.75, 3.05) is 11.9 Å². The van der Waals surface area contributed by atoms with Crippen LogP contribution in [0.25, 0.3) is 0 Å². The molecule has 4 aromatic carbocycles. The number of rotatable bonds is 13. The number of likely N-dealkylation sites (N-methyl/N-ethyl adjacent to an activating group) is 1. The summed E-state index contributed by atoms with van der Waals surface area (Å²) < 4.78 is 5.48. The molecule has 0 saturated heterocycles. The van der Waals surface area contributed by atoms with E-state index < -0.39 is 59.6 Å². The number of hydrogen-bond acceptors (Lipinski definition) is 6. The van der Waals surface area contributed by atoms with E-state index >= 15 is 0 Å². The molecule has 4 aromatic rings. The minimum atomic E-state index is -1.27. The number of carboxylic acid groups (broad SMARTS) is 1. The van der Waals surface area contributed by atoms with Crippen molar-refractivity contribution >= 4 is 35.5 Å². The third-order valence-corrected chi connectivity index (χ3v) is 9.06. The second-order valence-electron chi connectivity index (χ2n) is 14.2. The highest BCUT2D eigenvalue weighted by Crippen LogP contribution is 2.33. The van der Waals surface area contributed by atoms with Gasteiger partial charge in [-0.1, -0.05) is 109 Å². The van der Waals surface area contributed by atoms with Gasteiger partial charge in [0.05, 0.1) is 0 Å². The molecule has 0 spiro atoms. The molecule has 0 unspecified atom stereocenters. The van der Waals surface area contributed by atoms with Crippen LogP contribution in [0.15, 0.2) is 115 Å². The maximum absolute atomic E-state index is 14.8. The van der Waals surface area contributed by atoms with Crippen LogP contribution < -0.4 is 15.5 Å². The number of carboxylic acids is 1. The van der Waals surface area contributed by atoms with Crippen molar-refractivity contribution in [3.8, 4) is 0 Å². The topological polar surface area (TPSA) is 145 Å². The number of nitrogens with zero attached hydrogens (tertiary/aromatic N) is 2. The molecular formula is C42H46N4O7. The van der Waals surface area contributed by atoms with E-state index in [1.807, 2.05) is 78.9 Å². The summed E-state index contributed by atoms with van der Waals surface area (Å²) in [6, 6.07) is 30.0. The summed E-state index contributed by atoms with van der Waals surface area (Å²) in [5, 5.41) is 15.6. The molecule has 0 fully saturated rings. The minimum Gasteiger partial charge on any atom is -0.480 e. The van der Waals surface area contributed by atoms with Crippen molar-refractivity contribution in [3.05, 3.63) is 138 Å². The Labute approximate surface area is 310 Å². The highest BCUT2D eigenvalue weighted by molar-refractivity contribution is 6.07. The standard InChI is InChI=1S/C42H46N4O7/c1-42(2,3)53-41(52)44-32(24-28-16-8-5-9-17-28)38(48)45(4)36-27-31-22-14-15-23-34(31)46(39(36)49)35(26-30-20-12-7-13-21-30)37(47)43-33(40(50)51)25-29-18-10-6-11-19-29/h5-23,32-33,35-36H,24-27H2,1-4H3,(H,43,47)(H,44,52)(H,50,51)/t32-,33-,35-,36-/m0/s1. The number of carbonyl (C=O) groups is 5. The lowest BCUT2D eigenvalue weighted by molar-refractivity contribution is -0.142. The molecule has 0 bridgehead atoms. The molecule has 0 radical (unpaired) electrons. The highest BCUT2D eigenvalue weighted by Gasteiger charge is 2.44. The summed E-state index contributed by atoms with van der Waals surface area (Å²) in [4.78, 5) is 71.6. The van der Waals surface area contributed by atoms with Crippen molar-refractivity contribution in [1.29, 1.82) is 0 Å². The average Bonchev–Trinajstić information content (AvgIpc) is 3.13. The molecule has 11 heteroatoms. The molecule has 3 N–H and O–H groups in total. The zero-order valence-electron chi connectivity index (χ0n) is 30.4. The lowest BCUT2D eigenvalue weighted by Gasteiger charge is -2.42. The first-order valence-electron chi connectivity index (χ1n) is 17.6. The SMILES string of the molecule is CN(C(=O)[C@H](Cc1ccccc1)NC(=O)OC(C)(C)C)[C@H]1Cc2ccccc2N([C@@H](Cc2ccccc2)C(=O)N[C@@H](Cc2ccccc2)C(=O)O)C1=O. The molecule has 0 saturated carbocycles. The van der Waals surface area contributed by atoms with Gasteiger partial charge >= 0.3 is 12.1 Å². The Balaban J connectivity index is 1.49. The number of benzene rings is 4. The van der Waals surface area contributed by atoms with Gasteiger partial charge in [0.2, 0.25) is 11.8 Å². The van der Waals surface area contributed by atoms with Crippen molar-refractivity contribution in [1.82, 2.24) is 15.5 Å². The smallest absolute Gasteiger partial charge is 0.408 e. The first kappa shape index (κ1) is 38.3. The van der Waals surface area contributed by atoms with E-state index in [-0.39, 0.29) is 25.7 Å². The van der Waals surface area contributed by atoms with E-state index in [1.165, 1.54) is 16.8 Å². The second-order valence-corrected chi connectivity index (χ2v) is 14.2. The van der Waals surface area contributed by atoms with Gasteiger partial charge in [0.1, 0.15) is 29.8 Å². The fraction of sp³-hybridized carbons (Fsp3) is 0.310. The number of hydrogen-bond donors (Lipinski definition) is 3. The quantitative estimate of drug-likeness (QED) is 0.177. The normalized spacial score (nSPS) is 15.7. The first-order valence-corrected chi connectivity index (χ1v) is 17.6. The minimum absolute atomic E-state index is 0.0395. The van der Waals surface area contributed by atoms with Crippen LogP contribution in [-0.2, 0) is 49.6 Å². The predicted molar refractivity (Wildman–Crippen MR) is 201 cm³/mol. The Morgan fingerprint density at radius 3 is 1.77 bits per heavy atom. The van der Waals surface area contributed by atoms with Crippen LogP contribution in [0, 0.1) is 0 Å². The number of aliphatic carboxylic acids is 1. The van der Waals surface area contributed by atoms with E-state index in [4.69, 9.17) is 4.74 Å². The largest absolute Gasteiger partial charge is 0.480 e. The lowest BCUT2D eigenvalue weighted by atomic mass is 9.92. The van der Waals surface area contributed by atoms with Crippen molar-refractivity contribution < 1.29 is 33.8 Å². The van der Waals surface area contributed by atoms with Crippen LogP contribution in [0.5, 0.6) is 0 Å². The number of para-hydroxylation sites is 1. The molecule has 0 aromatic heterocycles. The van der Waals surface area contributed by atoms with E-state index in [0.717, 1.165) is 22.3 Å². The summed E-state index contributed by atoms with van der Waals surface area (Å²) in [6.45, 7) is 5.17. The molecule has 53 heavy (non-hydrogen) atoms. The number of carbonyl (C=O) groups excluding carboxylic acids is 4. The Kier molecular flexibility index (Phi) is 12.3. The maximum atomic E-state index is 14.8. The van der Waals surface area contributed by atoms with E-state index in [2.05, 4.69) is 10.6 Å². The fourth-order valence-electron chi connectivity index (χ4n) is 6.47. The van der Waals surface area contributed by atoms with Crippen molar-refractivity contribution in [3.63, 3.8) is 0 Å². The van der Waals surface area contributed by atoms with Crippen LogP contribution in [0.4, 0.5) is 10.5 Å². The second kappa shape index (κ2) is 17.0.